The first-order chi connectivity index (χ1) is 4.50. The fraction of sp³-hybridized carbons (Fsp3) is 0.250. The van der Waals surface area contributed by atoms with Crippen molar-refractivity contribution in [2.75, 3.05) is 0 Å². The number of halogens is 3. The summed E-state index contributed by atoms with van der Waals surface area (Å²) in [4.78, 5) is 10.2. The monoisotopic (exact) mass is 202 g/mol. The van der Waals surface area contributed by atoms with Crippen LogP contribution >= 0.6 is 34.8 Å². The van der Waals surface area contributed by atoms with E-state index in [1.807, 2.05) is 0 Å². The van der Waals surface area contributed by atoms with Gasteiger partial charge in [0.05, 0.1) is 0 Å². The van der Waals surface area contributed by atoms with Gasteiger partial charge in [-0.3, -0.25) is 0 Å². The van der Waals surface area contributed by atoms with E-state index < -0.39 is 9.61 Å². The molecule has 3 nitrogen and oxygen atoms in total. The Bertz CT molecular complexity index is 268. The fourth-order valence-corrected chi connectivity index (χ4v) is 0.614. The van der Waals surface area contributed by atoms with Crippen LogP contribution in [-0.2, 0) is 3.79 Å². The van der Waals surface area contributed by atoms with Gasteiger partial charge in [-0.25, -0.2) is 4.79 Å². The zero-order valence-corrected chi connectivity index (χ0v) is 6.70. The van der Waals surface area contributed by atoms with Crippen molar-refractivity contribution in [2.45, 2.75) is 3.79 Å². The van der Waals surface area contributed by atoms with Crippen LogP contribution in [0.15, 0.2) is 19.9 Å². The number of alkyl halides is 3. The number of hydrogen-bond donors (Lipinski definition) is 0. The van der Waals surface area contributed by atoms with Gasteiger partial charge in [0, 0.05) is 0 Å². The molecule has 0 spiro atoms. The standard InChI is InChI=1S/C4HCl3O3/c5-4(6,7)2-1-9-3(8)10-2/h1H. The SMILES string of the molecule is O=c1occ(C(Cl)(Cl)Cl)o1. The normalized spacial score (nSPS) is 11.9. The van der Waals surface area contributed by atoms with Gasteiger partial charge in [0.25, 0.3) is 3.79 Å². The van der Waals surface area contributed by atoms with Crippen LogP contribution in [0.4, 0.5) is 0 Å². The maximum absolute atomic E-state index is 10.2. The van der Waals surface area contributed by atoms with Crippen LogP contribution in [-0.4, -0.2) is 0 Å². The third kappa shape index (κ3) is 1.68. The summed E-state index contributed by atoms with van der Waals surface area (Å²) < 4.78 is 6.82. The van der Waals surface area contributed by atoms with E-state index in [2.05, 4.69) is 8.83 Å². The van der Waals surface area contributed by atoms with Crippen LogP contribution in [0, 0.1) is 0 Å². The van der Waals surface area contributed by atoms with Gasteiger partial charge in [-0.2, -0.15) is 0 Å². The van der Waals surface area contributed by atoms with E-state index >= 15 is 0 Å². The van der Waals surface area contributed by atoms with E-state index in [0.29, 0.717) is 0 Å². The molecule has 1 aromatic heterocycles. The minimum atomic E-state index is -1.73. The summed E-state index contributed by atoms with van der Waals surface area (Å²) in [5, 5.41) is 0. The smallest absolute Gasteiger partial charge is 0.399 e. The quantitative estimate of drug-likeness (QED) is 0.606. The summed E-state index contributed by atoms with van der Waals surface area (Å²) in [7, 11) is 0. The van der Waals surface area contributed by atoms with Gasteiger partial charge in [0.2, 0.25) is 0 Å². The van der Waals surface area contributed by atoms with Crippen molar-refractivity contribution in [3.05, 3.63) is 22.6 Å². The lowest BCUT2D eigenvalue weighted by Gasteiger charge is -2.01. The van der Waals surface area contributed by atoms with E-state index in [1.165, 1.54) is 0 Å². The highest BCUT2D eigenvalue weighted by molar-refractivity contribution is 6.66. The molecule has 0 aliphatic heterocycles. The summed E-state index contributed by atoms with van der Waals surface area (Å²) in [6.45, 7) is 0. The molecular formula is C4HCl3O3. The van der Waals surface area contributed by atoms with Crippen molar-refractivity contribution >= 4 is 34.8 Å². The molecule has 0 atom stereocenters. The Balaban J connectivity index is 3.07. The predicted molar refractivity (Wildman–Crippen MR) is 36.5 cm³/mol. The highest BCUT2D eigenvalue weighted by Gasteiger charge is 2.28. The van der Waals surface area contributed by atoms with Crippen LogP contribution in [0.5, 0.6) is 0 Å². The number of rotatable bonds is 0. The Kier molecular flexibility index (Phi) is 1.99. The molecule has 1 heterocycles. The second-order valence-electron chi connectivity index (χ2n) is 1.45. The van der Waals surface area contributed by atoms with Crippen LogP contribution in [0.1, 0.15) is 5.76 Å². The highest BCUT2D eigenvalue weighted by atomic mass is 35.6. The molecule has 0 N–H and O–H groups in total. The lowest BCUT2D eigenvalue weighted by atomic mass is 10.6. The molecule has 0 aromatic carbocycles. The Hall–Kier alpha value is -0.120. The molecule has 0 aliphatic carbocycles. The summed E-state index contributed by atoms with van der Waals surface area (Å²) in [5.41, 5.74) is 0. The molecule has 0 radical (unpaired) electrons. The van der Waals surface area contributed by atoms with Crippen LogP contribution in [0.25, 0.3) is 0 Å². The molecule has 0 bridgehead atoms. The molecule has 0 saturated carbocycles. The Morgan fingerprint density at radius 1 is 1.40 bits per heavy atom. The van der Waals surface area contributed by atoms with E-state index in [4.69, 9.17) is 34.8 Å². The first-order valence-electron chi connectivity index (χ1n) is 2.16. The summed E-state index contributed by atoms with van der Waals surface area (Å²) in [5.74, 6) is -1.01. The topological polar surface area (TPSA) is 43.4 Å². The van der Waals surface area contributed by atoms with Crippen molar-refractivity contribution < 1.29 is 8.83 Å². The Labute approximate surface area is 70.5 Å². The second kappa shape index (κ2) is 2.49. The van der Waals surface area contributed by atoms with Crippen molar-refractivity contribution in [3.8, 4) is 0 Å². The van der Waals surface area contributed by atoms with E-state index in [1.54, 1.807) is 0 Å². The Morgan fingerprint density at radius 2 is 2.00 bits per heavy atom. The highest BCUT2D eigenvalue weighted by Crippen LogP contribution is 2.37. The van der Waals surface area contributed by atoms with Gasteiger partial charge < -0.3 is 8.83 Å². The van der Waals surface area contributed by atoms with Gasteiger partial charge in [-0.15, -0.1) is 0 Å². The van der Waals surface area contributed by atoms with E-state index in [0.717, 1.165) is 6.26 Å². The molecule has 0 aliphatic rings. The third-order valence-corrected chi connectivity index (χ3v) is 1.29. The molecule has 0 amide bonds. The molecule has 1 aromatic rings. The van der Waals surface area contributed by atoms with E-state index in [-0.39, 0.29) is 5.76 Å². The van der Waals surface area contributed by atoms with Gasteiger partial charge >= 0.3 is 5.82 Å². The molecular weight excluding hydrogens is 202 g/mol. The number of hydrogen-bond acceptors (Lipinski definition) is 3. The van der Waals surface area contributed by atoms with Crippen molar-refractivity contribution in [3.63, 3.8) is 0 Å². The molecule has 1 rings (SSSR count). The zero-order chi connectivity index (χ0) is 7.78. The van der Waals surface area contributed by atoms with Crippen molar-refractivity contribution in [2.24, 2.45) is 0 Å². The molecule has 6 heteroatoms. The summed E-state index contributed by atoms with van der Waals surface area (Å²) in [6.07, 6.45) is 0.954. The van der Waals surface area contributed by atoms with Gasteiger partial charge in [0.15, 0.2) is 5.76 Å². The third-order valence-electron chi connectivity index (χ3n) is 0.735. The van der Waals surface area contributed by atoms with E-state index in [9.17, 15) is 4.79 Å². The van der Waals surface area contributed by atoms with Crippen molar-refractivity contribution in [1.82, 2.24) is 0 Å². The predicted octanol–water partition coefficient (Wildman–Crippen LogP) is 2.06. The summed E-state index contributed by atoms with van der Waals surface area (Å²) in [6, 6.07) is 0. The average Bonchev–Trinajstić information content (AvgIpc) is 2.11. The first kappa shape index (κ1) is 7.98. The van der Waals surface area contributed by atoms with Crippen LogP contribution < -0.4 is 5.82 Å². The van der Waals surface area contributed by atoms with Crippen molar-refractivity contribution in [1.29, 1.82) is 0 Å². The molecule has 0 unspecified atom stereocenters. The molecule has 56 valence electrons. The fourth-order valence-electron chi connectivity index (χ4n) is 0.364. The Morgan fingerprint density at radius 3 is 2.20 bits per heavy atom. The molecule has 0 saturated heterocycles. The average molecular weight is 203 g/mol. The molecule has 10 heavy (non-hydrogen) atoms. The summed E-state index contributed by atoms with van der Waals surface area (Å²) >= 11 is 15.9. The molecule has 0 fully saturated rings. The lowest BCUT2D eigenvalue weighted by molar-refractivity contribution is 0.375. The first-order valence-corrected chi connectivity index (χ1v) is 3.29. The lowest BCUT2D eigenvalue weighted by Crippen LogP contribution is -1.98. The minimum Gasteiger partial charge on any atom is -0.399 e. The maximum Gasteiger partial charge on any atom is 0.518 e. The second-order valence-corrected chi connectivity index (χ2v) is 3.73. The zero-order valence-electron chi connectivity index (χ0n) is 4.44. The largest absolute Gasteiger partial charge is 0.518 e. The van der Waals surface area contributed by atoms with Gasteiger partial charge in [0.1, 0.15) is 6.26 Å². The van der Waals surface area contributed by atoms with Gasteiger partial charge in [-0.05, 0) is 0 Å². The van der Waals surface area contributed by atoms with Crippen LogP contribution in [0.2, 0.25) is 0 Å². The minimum absolute atomic E-state index is 0.123. The van der Waals surface area contributed by atoms with Gasteiger partial charge in [-0.1, -0.05) is 34.8 Å². The van der Waals surface area contributed by atoms with Crippen LogP contribution in [0.3, 0.4) is 0 Å². The maximum atomic E-state index is 10.2.